The van der Waals surface area contributed by atoms with Gasteiger partial charge in [0.05, 0.1) is 12.4 Å². The molecule has 0 aliphatic rings. The second kappa shape index (κ2) is 6.67. The van der Waals surface area contributed by atoms with Gasteiger partial charge in [-0.2, -0.15) is 0 Å². The molecule has 0 amide bonds. The summed E-state index contributed by atoms with van der Waals surface area (Å²) in [6.07, 6.45) is 3.62. The molecule has 3 nitrogen and oxygen atoms in total. The van der Waals surface area contributed by atoms with Crippen LogP contribution in [0.4, 0.5) is 0 Å². The highest BCUT2D eigenvalue weighted by atomic mass is 16.7. The molecule has 1 aromatic carbocycles. The standard InChI is InChI=1S/C11H12N2O.C2H6/c1-10-7-12-13(8-10)14-9-11-5-3-2-4-6-11;1-2/h2-8H,9H2,1H3;1-2H3. The summed E-state index contributed by atoms with van der Waals surface area (Å²) in [6, 6.07) is 10.0. The van der Waals surface area contributed by atoms with Crippen LogP contribution in [-0.4, -0.2) is 9.94 Å². The molecule has 0 saturated heterocycles. The van der Waals surface area contributed by atoms with Crippen LogP contribution in [0.15, 0.2) is 42.7 Å². The van der Waals surface area contributed by atoms with Crippen LogP contribution < -0.4 is 4.84 Å². The van der Waals surface area contributed by atoms with Crippen LogP contribution in [0.1, 0.15) is 25.0 Å². The smallest absolute Gasteiger partial charge is 0.142 e. The number of rotatable bonds is 3. The Hall–Kier alpha value is -1.77. The summed E-state index contributed by atoms with van der Waals surface area (Å²) in [5.74, 6) is 0. The second-order valence-corrected chi connectivity index (χ2v) is 3.18. The van der Waals surface area contributed by atoms with E-state index in [2.05, 4.69) is 5.10 Å². The summed E-state index contributed by atoms with van der Waals surface area (Å²) >= 11 is 0. The Bertz CT molecular complexity index is 395. The first-order chi connectivity index (χ1) is 7.84. The van der Waals surface area contributed by atoms with Crippen LogP contribution in [-0.2, 0) is 6.61 Å². The van der Waals surface area contributed by atoms with Gasteiger partial charge in [0.2, 0.25) is 0 Å². The number of benzene rings is 1. The second-order valence-electron chi connectivity index (χ2n) is 3.18. The lowest BCUT2D eigenvalue weighted by Crippen LogP contribution is -2.11. The molecule has 0 atom stereocenters. The molecule has 0 aliphatic heterocycles. The van der Waals surface area contributed by atoms with Crippen molar-refractivity contribution in [3.05, 3.63) is 53.9 Å². The largest absolute Gasteiger partial charge is 0.392 e. The van der Waals surface area contributed by atoms with E-state index in [-0.39, 0.29) is 0 Å². The molecule has 2 rings (SSSR count). The van der Waals surface area contributed by atoms with Crippen molar-refractivity contribution < 1.29 is 4.84 Å². The van der Waals surface area contributed by atoms with Gasteiger partial charge in [0.1, 0.15) is 6.61 Å². The van der Waals surface area contributed by atoms with E-state index in [1.807, 2.05) is 57.3 Å². The SMILES string of the molecule is CC.Cc1cnn(OCc2ccccc2)c1. The molecule has 0 radical (unpaired) electrons. The molecule has 2 aromatic rings. The van der Waals surface area contributed by atoms with Gasteiger partial charge in [0.15, 0.2) is 0 Å². The predicted molar refractivity (Wildman–Crippen MR) is 65.0 cm³/mol. The van der Waals surface area contributed by atoms with Crippen molar-refractivity contribution in [3.8, 4) is 0 Å². The number of nitrogens with zero attached hydrogens (tertiary/aromatic N) is 2. The molecule has 0 fully saturated rings. The van der Waals surface area contributed by atoms with Crippen molar-refractivity contribution in [1.82, 2.24) is 9.94 Å². The fourth-order valence-electron chi connectivity index (χ4n) is 1.17. The number of aryl methyl sites for hydroxylation is 1. The predicted octanol–water partition coefficient (Wildman–Crippen LogP) is 2.85. The molecule has 16 heavy (non-hydrogen) atoms. The molecule has 0 N–H and O–H groups in total. The molecular weight excluding hydrogens is 200 g/mol. The lowest BCUT2D eigenvalue weighted by atomic mass is 10.2. The maximum absolute atomic E-state index is 5.42. The van der Waals surface area contributed by atoms with Crippen molar-refractivity contribution in [3.63, 3.8) is 0 Å². The van der Waals surface area contributed by atoms with Crippen molar-refractivity contribution in [2.24, 2.45) is 0 Å². The zero-order valence-electron chi connectivity index (χ0n) is 10.1. The number of hydrogen-bond donors (Lipinski definition) is 0. The summed E-state index contributed by atoms with van der Waals surface area (Å²) < 4.78 is 0. The van der Waals surface area contributed by atoms with E-state index in [1.54, 1.807) is 6.20 Å². The van der Waals surface area contributed by atoms with Crippen LogP contribution in [0.3, 0.4) is 0 Å². The van der Waals surface area contributed by atoms with E-state index in [1.165, 1.54) is 4.85 Å². The first-order valence-corrected chi connectivity index (χ1v) is 5.53. The average Bonchev–Trinajstić information content (AvgIpc) is 2.77. The topological polar surface area (TPSA) is 27.1 Å². The van der Waals surface area contributed by atoms with Gasteiger partial charge < -0.3 is 4.84 Å². The van der Waals surface area contributed by atoms with Crippen molar-refractivity contribution in [1.29, 1.82) is 0 Å². The Morgan fingerprint density at radius 1 is 1.19 bits per heavy atom. The molecular formula is C13H18N2O. The van der Waals surface area contributed by atoms with Crippen LogP contribution in [0.25, 0.3) is 0 Å². The third-order valence-electron chi connectivity index (χ3n) is 1.90. The van der Waals surface area contributed by atoms with Crippen molar-refractivity contribution in [2.75, 3.05) is 0 Å². The van der Waals surface area contributed by atoms with E-state index < -0.39 is 0 Å². The van der Waals surface area contributed by atoms with Crippen LogP contribution in [0.2, 0.25) is 0 Å². The summed E-state index contributed by atoms with van der Waals surface area (Å²) in [4.78, 5) is 6.91. The van der Waals surface area contributed by atoms with E-state index in [4.69, 9.17) is 4.84 Å². The van der Waals surface area contributed by atoms with Crippen LogP contribution in [0.5, 0.6) is 0 Å². The molecule has 86 valence electrons. The first kappa shape index (κ1) is 12.3. The Balaban J connectivity index is 0.000000606. The van der Waals surface area contributed by atoms with Gasteiger partial charge in [-0.25, -0.2) is 0 Å². The van der Waals surface area contributed by atoms with Crippen molar-refractivity contribution >= 4 is 0 Å². The molecule has 0 unspecified atom stereocenters. The highest BCUT2D eigenvalue weighted by Gasteiger charge is 1.94. The summed E-state index contributed by atoms with van der Waals surface area (Å²) in [7, 11) is 0. The summed E-state index contributed by atoms with van der Waals surface area (Å²) in [5, 5.41) is 4.03. The molecule has 0 spiro atoms. The van der Waals surface area contributed by atoms with E-state index in [0.29, 0.717) is 6.61 Å². The quantitative estimate of drug-likeness (QED) is 0.792. The van der Waals surface area contributed by atoms with E-state index >= 15 is 0 Å². The summed E-state index contributed by atoms with van der Waals surface area (Å²) in [5.41, 5.74) is 2.23. The third kappa shape index (κ3) is 3.77. The highest BCUT2D eigenvalue weighted by Crippen LogP contribution is 1.99. The van der Waals surface area contributed by atoms with Gasteiger partial charge in [-0.05, 0) is 18.1 Å². The fourth-order valence-corrected chi connectivity index (χ4v) is 1.17. The highest BCUT2D eigenvalue weighted by molar-refractivity contribution is 5.13. The Kier molecular flexibility index (Phi) is 5.12. The van der Waals surface area contributed by atoms with Gasteiger partial charge in [-0.3, -0.25) is 0 Å². The Morgan fingerprint density at radius 3 is 2.44 bits per heavy atom. The van der Waals surface area contributed by atoms with Crippen molar-refractivity contribution in [2.45, 2.75) is 27.4 Å². The number of hydrogen-bond acceptors (Lipinski definition) is 2. The lowest BCUT2D eigenvalue weighted by molar-refractivity contribution is 0.0699. The lowest BCUT2D eigenvalue weighted by Gasteiger charge is -2.03. The first-order valence-electron chi connectivity index (χ1n) is 5.53. The molecule has 0 saturated carbocycles. The third-order valence-corrected chi connectivity index (χ3v) is 1.90. The van der Waals surface area contributed by atoms with Gasteiger partial charge in [-0.15, -0.1) is 9.94 Å². The molecule has 0 aliphatic carbocycles. The monoisotopic (exact) mass is 218 g/mol. The normalized spacial score (nSPS) is 9.19. The van der Waals surface area contributed by atoms with Crippen LogP contribution in [0, 0.1) is 6.92 Å². The van der Waals surface area contributed by atoms with E-state index in [0.717, 1.165) is 11.1 Å². The Labute approximate surface area is 96.6 Å². The minimum atomic E-state index is 0.544. The molecule has 1 aromatic heterocycles. The minimum Gasteiger partial charge on any atom is -0.392 e. The van der Waals surface area contributed by atoms with E-state index in [9.17, 15) is 0 Å². The Morgan fingerprint density at radius 2 is 1.88 bits per heavy atom. The van der Waals surface area contributed by atoms with Gasteiger partial charge in [-0.1, -0.05) is 44.2 Å². The number of aromatic nitrogens is 2. The fraction of sp³-hybridized carbons (Fsp3) is 0.308. The van der Waals surface area contributed by atoms with Crippen LogP contribution >= 0.6 is 0 Å². The molecule has 0 bridgehead atoms. The average molecular weight is 218 g/mol. The maximum atomic E-state index is 5.42. The van der Waals surface area contributed by atoms with Gasteiger partial charge >= 0.3 is 0 Å². The molecule has 1 heterocycles. The zero-order chi connectivity index (χ0) is 11.8. The van der Waals surface area contributed by atoms with Gasteiger partial charge in [0, 0.05) is 0 Å². The zero-order valence-corrected chi connectivity index (χ0v) is 10.1. The molecule has 3 heteroatoms. The van der Waals surface area contributed by atoms with Gasteiger partial charge in [0.25, 0.3) is 0 Å². The maximum Gasteiger partial charge on any atom is 0.142 e. The minimum absolute atomic E-state index is 0.544. The summed E-state index contributed by atoms with van der Waals surface area (Å²) in [6.45, 7) is 6.53.